The van der Waals surface area contributed by atoms with E-state index in [4.69, 9.17) is 0 Å². The normalized spacial score (nSPS) is 12.4. The van der Waals surface area contributed by atoms with Crippen molar-refractivity contribution in [3.05, 3.63) is 44.2 Å². The number of aromatic amines is 1. The van der Waals surface area contributed by atoms with E-state index in [1.54, 1.807) is 17.4 Å². The summed E-state index contributed by atoms with van der Waals surface area (Å²) in [5.74, 6) is 0.134. The molecule has 0 saturated carbocycles. The summed E-state index contributed by atoms with van der Waals surface area (Å²) in [6.45, 7) is 1.95. The van der Waals surface area contributed by atoms with Crippen LogP contribution in [-0.4, -0.2) is 21.6 Å². The van der Waals surface area contributed by atoms with Gasteiger partial charge in [-0.1, -0.05) is 17.8 Å². The van der Waals surface area contributed by atoms with Gasteiger partial charge in [0.25, 0.3) is 5.56 Å². The molecule has 3 aromatic rings. The maximum absolute atomic E-state index is 12.0. The highest BCUT2D eigenvalue weighted by molar-refractivity contribution is 7.99. The number of nitrogens with zero attached hydrogens (tertiary/aromatic N) is 1. The molecule has 0 bridgehead atoms. The Labute approximate surface area is 138 Å². The van der Waals surface area contributed by atoms with Crippen molar-refractivity contribution in [3.63, 3.8) is 0 Å². The maximum atomic E-state index is 12.0. The third-order valence-electron chi connectivity index (χ3n) is 3.00. The van der Waals surface area contributed by atoms with E-state index in [0.717, 1.165) is 4.88 Å². The van der Waals surface area contributed by atoms with Gasteiger partial charge in [-0.25, -0.2) is 4.98 Å². The van der Waals surface area contributed by atoms with Crippen LogP contribution in [0.4, 0.5) is 0 Å². The second-order valence-corrected chi connectivity index (χ2v) is 7.44. The van der Waals surface area contributed by atoms with Crippen molar-refractivity contribution in [2.75, 3.05) is 5.75 Å². The Hall–Kier alpha value is -1.64. The second-order valence-electron chi connectivity index (χ2n) is 4.60. The van der Waals surface area contributed by atoms with Crippen molar-refractivity contribution in [1.29, 1.82) is 0 Å². The summed E-state index contributed by atoms with van der Waals surface area (Å²) in [6.07, 6.45) is 0. The molecule has 1 atom stereocenters. The van der Waals surface area contributed by atoms with E-state index in [-0.39, 0.29) is 23.3 Å². The smallest absolute Gasteiger partial charge is 0.260 e. The largest absolute Gasteiger partial charge is 0.348 e. The van der Waals surface area contributed by atoms with Crippen molar-refractivity contribution in [2.24, 2.45) is 0 Å². The zero-order valence-electron chi connectivity index (χ0n) is 11.7. The molecule has 2 N–H and O–H groups in total. The monoisotopic (exact) mass is 351 g/mol. The first-order chi connectivity index (χ1) is 10.6. The maximum Gasteiger partial charge on any atom is 0.260 e. The number of thiophene rings is 2. The summed E-state index contributed by atoms with van der Waals surface area (Å²) in [5.41, 5.74) is -0.166. The summed E-state index contributed by atoms with van der Waals surface area (Å²) in [5, 5.41) is 7.81. The Morgan fingerprint density at radius 1 is 1.41 bits per heavy atom. The van der Waals surface area contributed by atoms with Gasteiger partial charge in [0.15, 0.2) is 5.16 Å². The summed E-state index contributed by atoms with van der Waals surface area (Å²) in [4.78, 5) is 32.7. The topological polar surface area (TPSA) is 74.8 Å². The number of amides is 1. The van der Waals surface area contributed by atoms with Crippen LogP contribution >= 0.6 is 34.4 Å². The standard InChI is InChI=1S/C14H13N3O2S3/c1-8(10-3-2-5-20-10)15-11(18)7-22-14-16-12(19)9-4-6-21-13(9)17-14/h2-6,8H,7H2,1H3,(H,15,18)(H,16,17,19)/t8-/m0/s1. The van der Waals surface area contributed by atoms with Gasteiger partial charge in [-0.2, -0.15) is 0 Å². The molecule has 8 heteroatoms. The number of fused-ring (bicyclic) bond motifs is 1. The number of thioether (sulfide) groups is 1. The molecule has 3 heterocycles. The first kappa shape index (κ1) is 15.3. The van der Waals surface area contributed by atoms with Crippen LogP contribution in [0.1, 0.15) is 17.8 Å². The second kappa shape index (κ2) is 6.64. The third-order valence-corrected chi connectivity index (χ3v) is 5.74. The average Bonchev–Trinajstić information content (AvgIpc) is 3.16. The molecule has 0 spiro atoms. The molecule has 0 aliphatic carbocycles. The minimum atomic E-state index is -0.166. The zero-order chi connectivity index (χ0) is 15.5. The fourth-order valence-corrected chi connectivity index (χ4v) is 4.17. The highest BCUT2D eigenvalue weighted by Gasteiger charge is 2.12. The van der Waals surface area contributed by atoms with E-state index in [1.807, 2.05) is 29.8 Å². The van der Waals surface area contributed by atoms with Gasteiger partial charge in [0.05, 0.1) is 17.2 Å². The van der Waals surface area contributed by atoms with Gasteiger partial charge in [0.2, 0.25) is 5.91 Å². The first-order valence-electron chi connectivity index (χ1n) is 6.56. The number of carbonyl (C=O) groups is 1. The Bertz CT molecular complexity index is 839. The van der Waals surface area contributed by atoms with Crippen LogP contribution in [0.5, 0.6) is 0 Å². The van der Waals surface area contributed by atoms with E-state index in [9.17, 15) is 9.59 Å². The molecular formula is C14H13N3O2S3. The predicted octanol–water partition coefficient (Wildman–Crippen LogP) is 3.02. The summed E-state index contributed by atoms with van der Waals surface area (Å²) in [6, 6.07) is 5.68. The van der Waals surface area contributed by atoms with E-state index in [1.165, 1.54) is 23.1 Å². The quantitative estimate of drug-likeness (QED) is 0.547. The van der Waals surface area contributed by atoms with E-state index in [2.05, 4.69) is 15.3 Å². The van der Waals surface area contributed by atoms with Crippen LogP contribution in [0.15, 0.2) is 38.9 Å². The van der Waals surface area contributed by atoms with Crippen LogP contribution in [-0.2, 0) is 4.79 Å². The van der Waals surface area contributed by atoms with Crippen LogP contribution < -0.4 is 10.9 Å². The molecule has 0 radical (unpaired) electrons. The van der Waals surface area contributed by atoms with Crippen LogP contribution in [0.25, 0.3) is 10.2 Å². The number of hydrogen-bond acceptors (Lipinski definition) is 6. The molecule has 0 fully saturated rings. The predicted molar refractivity (Wildman–Crippen MR) is 91.8 cm³/mol. The molecule has 22 heavy (non-hydrogen) atoms. The van der Waals surface area contributed by atoms with Crippen LogP contribution in [0.2, 0.25) is 0 Å². The minimum Gasteiger partial charge on any atom is -0.348 e. The van der Waals surface area contributed by atoms with Crippen molar-refractivity contribution in [3.8, 4) is 0 Å². The molecule has 5 nitrogen and oxygen atoms in total. The first-order valence-corrected chi connectivity index (χ1v) is 9.31. The summed E-state index contributed by atoms with van der Waals surface area (Å²) < 4.78 is 0. The minimum absolute atomic E-state index is 0.0140. The lowest BCUT2D eigenvalue weighted by Gasteiger charge is -2.11. The number of hydrogen-bond donors (Lipinski definition) is 2. The molecule has 114 valence electrons. The SMILES string of the molecule is C[C@H](NC(=O)CSc1nc2sccc2c(=O)[nH]1)c1cccs1. The van der Waals surface area contributed by atoms with E-state index in [0.29, 0.717) is 15.4 Å². The molecule has 0 aliphatic rings. The average molecular weight is 351 g/mol. The van der Waals surface area contributed by atoms with Gasteiger partial charge in [0.1, 0.15) is 4.83 Å². The van der Waals surface area contributed by atoms with Gasteiger partial charge >= 0.3 is 0 Å². The fraction of sp³-hybridized carbons (Fsp3) is 0.214. The fourth-order valence-electron chi connectivity index (χ4n) is 1.94. The van der Waals surface area contributed by atoms with Crippen molar-refractivity contribution < 1.29 is 4.79 Å². The highest BCUT2D eigenvalue weighted by Crippen LogP contribution is 2.20. The van der Waals surface area contributed by atoms with Crippen molar-refractivity contribution in [1.82, 2.24) is 15.3 Å². The van der Waals surface area contributed by atoms with Gasteiger partial charge < -0.3 is 10.3 Å². The number of rotatable bonds is 5. The number of nitrogens with one attached hydrogen (secondary N) is 2. The number of aromatic nitrogens is 2. The lowest BCUT2D eigenvalue weighted by molar-refractivity contribution is -0.119. The summed E-state index contributed by atoms with van der Waals surface area (Å²) in [7, 11) is 0. The van der Waals surface area contributed by atoms with E-state index < -0.39 is 0 Å². The Morgan fingerprint density at radius 3 is 3.05 bits per heavy atom. The van der Waals surface area contributed by atoms with Gasteiger partial charge in [0, 0.05) is 4.88 Å². The highest BCUT2D eigenvalue weighted by atomic mass is 32.2. The lowest BCUT2D eigenvalue weighted by atomic mass is 10.3. The Morgan fingerprint density at radius 2 is 2.27 bits per heavy atom. The van der Waals surface area contributed by atoms with Crippen molar-refractivity contribution >= 4 is 50.6 Å². The molecule has 0 aromatic carbocycles. The molecule has 1 amide bonds. The molecule has 3 rings (SSSR count). The van der Waals surface area contributed by atoms with Gasteiger partial charge in [-0.3, -0.25) is 9.59 Å². The van der Waals surface area contributed by atoms with E-state index >= 15 is 0 Å². The molecule has 3 aromatic heterocycles. The third kappa shape index (κ3) is 3.40. The number of H-pyrrole nitrogens is 1. The molecule has 0 saturated heterocycles. The lowest BCUT2D eigenvalue weighted by Crippen LogP contribution is -2.27. The number of carbonyl (C=O) groups excluding carboxylic acids is 1. The van der Waals surface area contributed by atoms with Crippen molar-refractivity contribution in [2.45, 2.75) is 18.1 Å². The Kier molecular flexibility index (Phi) is 4.60. The molecule has 0 aliphatic heterocycles. The Balaban J connectivity index is 1.61. The van der Waals surface area contributed by atoms with Crippen LogP contribution in [0.3, 0.4) is 0 Å². The molecular weight excluding hydrogens is 338 g/mol. The van der Waals surface area contributed by atoms with Crippen LogP contribution in [0, 0.1) is 0 Å². The van der Waals surface area contributed by atoms with Gasteiger partial charge in [-0.05, 0) is 29.8 Å². The van der Waals surface area contributed by atoms with Gasteiger partial charge in [-0.15, -0.1) is 22.7 Å². The summed E-state index contributed by atoms with van der Waals surface area (Å²) >= 11 is 4.26. The molecule has 0 unspecified atom stereocenters. The zero-order valence-corrected chi connectivity index (χ0v) is 14.1.